The van der Waals surface area contributed by atoms with E-state index < -0.39 is 37.1 Å². The number of aliphatic hydroxyl groups excluding tert-OH is 3. The van der Waals surface area contributed by atoms with Gasteiger partial charge in [0.2, 0.25) is 0 Å². The topological polar surface area (TPSA) is 182 Å². The molecule has 24 heavy (non-hydrogen) atoms. The monoisotopic (exact) mass is 338 g/mol. The molecule has 11 nitrogen and oxygen atoms in total. The first-order valence-corrected chi connectivity index (χ1v) is 7.16. The third-order valence-electron chi connectivity index (χ3n) is 4.07. The van der Waals surface area contributed by atoms with E-state index in [0.29, 0.717) is 0 Å². The number of aliphatic hydroxyl groups is 3. The first-order chi connectivity index (χ1) is 11.4. The number of rotatable bonds is 4. The summed E-state index contributed by atoms with van der Waals surface area (Å²) in [4.78, 5) is 19.9. The lowest BCUT2D eigenvalue weighted by Gasteiger charge is -2.20. The van der Waals surface area contributed by atoms with Gasteiger partial charge in [0.05, 0.1) is 17.6 Å². The van der Waals surface area contributed by atoms with Crippen molar-refractivity contribution in [1.29, 1.82) is 0 Å². The largest absolute Gasteiger partial charge is 0.394 e. The number of anilines is 2. The van der Waals surface area contributed by atoms with E-state index >= 15 is 0 Å². The number of carbonyl (C=O) groups excluding carboxylic acids is 1. The number of primary amides is 1. The number of aromatic nitrogens is 3. The lowest BCUT2D eigenvalue weighted by molar-refractivity contribution is -0.0499. The Hall–Kier alpha value is -2.47. The van der Waals surface area contributed by atoms with Crippen molar-refractivity contribution in [2.24, 2.45) is 5.73 Å². The number of carbonyl (C=O) groups is 1. The highest BCUT2D eigenvalue weighted by molar-refractivity contribution is 6.13. The van der Waals surface area contributed by atoms with Crippen LogP contribution in [0.4, 0.5) is 11.6 Å². The molecule has 8 N–H and O–H groups in total. The molecule has 130 valence electrons. The zero-order chi connectivity index (χ0) is 17.6. The molecule has 0 bridgehead atoms. The highest BCUT2D eigenvalue weighted by atomic mass is 16.6. The molecule has 0 spiro atoms. The summed E-state index contributed by atoms with van der Waals surface area (Å²) in [5, 5.41) is 32.5. The van der Waals surface area contributed by atoms with Gasteiger partial charge in [-0.2, -0.15) is 0 Å². The second-order valence-electron chi connectivity index (χ2n) is 5.39. The Kier molecular flexibility index (Phi) is 4.01. The van der Waals surface area contributed by atoms with E-state index in [1.807, 2.05) is 0 Å². The third kappa shape index (κ3) is 2.17. The minimum absolute atomic E-state index is 0.0378. The Morgan fingerprint density at radius 3 is 2.67 bits per heavy atom. The van der Waals surface area contributed by atoms with Gasteiger partial charge in [0, 0.05) is 7.05 Å². The zero-order valence-electron chi connectivity index (χ0n) is 12.7. The van der Waals surface area contributed by atoms with Crippen molar-refractivity contribution >= 4 is 28.6 Å². The molecule has 0 unspecified atom stereocenters. The van der Waals surface area contributed by atoms with Gasteiger partial charge in [0.1, 0.15) is 41.9 Å². The summed E-state index contributed by atoms with van der Waals surface area (Å²) >= 11 is 0. The average Bonchev–Trinajstić information content (AvgIpc) is 3.03. The van der Waals surface area contributed by atoms with Crippen LogP contribution in [0, 0.1) is 0 Å². The molecule has 4 atom stereocenters. The third-order valence-corrected chi connectivity index (χ3v) is 4.07. The van der Waals surface area contributed by atoms with Crippen molar-refractivity contribution in [3.63, 3.8) is 0 Å². The summed E-state index contributed by atoms with van der Waals surface area (Å²) in [6, 6.07) is 0. The Bertz CT molecular complexity index is 793. The van der Waals surface area contributed by atoms with E-state index in [-0.39, 0.29) is 28.2 Å². The van der Waals surface area contributed by atoms with E-state index in [1.165, 1.54) is 10.9 Å². The SMILES string of the molecule is CNc1c(C(N)=O)c2c(N)ncnc2n1[C@@H]1O[C@H](CO)[C@@H](O)[C@H]1O. The molecule has 1 amide bonds. The second kappa shape index (κ2) is 5.87. The second-order valence-corrected chi connectivity index (χ2v) is 5.39. The van der Waals surface area contributed by atoms with Crippen LogP contribution in [-0.2, 0) is 4.74 Å². The van der Waals surface area contributed by atoms with Gasteiger partial charge in [-0.25, -0.2) is 9.97 Å². The summed E-state index contributed by atoms with van der Waals surface area (Å²) in [5.41, 5.74) is 11.6. The predicted molar refractivity (Wildman–Crippen MR) is 83.0 cm³/mol. The Balaban J connectivity index is 2.29. The van der Waals surface area contributed by atoms with Gasteiger partial charge in [-0.3, -0.25) is 9.36 Å². The summed E-state index contributed by atoms with van der Waals surface area (Å²) < 4.78 is 6.90. The fourth-order valence-electron chi connectivity index (χ4n) is 2.98. The van der Waals surface area contributed by atoms with Gasteiger partial charge in [-0.1, -0.05) is 0 Å². The Morgan fingerprint density at radius 2 is 2.12 bits per heavy atom. The van der Waals surface area contributed by atoms with E-state index in [4.69, 9.17) is 16.2 Å². The predicted octanol–water partition coefficient (Wildman–Crippen LogP) is -2.23. The maximum absolute atomic E-state index is 11.9. The van der Waals surface area contributed by atoms with Crippen LogP contribution in [0.1, 0.15) is 16.6 Å². The fraction of sp³-hybridized carbons (Fsp3) is 0.462. The summed E-state index contributed by atoms with van der Waals surface area (Å²) in [7, 11) is 1.54. The van der Waals surface area contributed by atoms with Gasteiger partial charge in [0.15, 0.2) is 6.23 Å². The molecule has 2 aromatic heterocycles. The van der Waals surface area contributed by atoms with Crippen molar-refractivity contribution in [2.75, 3.05) is 24.7 Å². The molecule has 11 heteroatoms. The van der Waals surface area contributed by atoms with Gasteiger partial charge in [-0.15, -0.1) is 0 Å². The van der Waals surface area contributed by atoms with Crippen LogP contribution in [-0.4, -0.2) is 67.7 Å². The molecule has 2 aromatic rings. The van der Waals surface area contributed by atoms with Crippen molar-refractivity contribution in [2.45, 2.75) is 24.5 Å². The van der Waals surface area contributed by atoms with Crippen molar-refractivity contribution < 1.29 is 24.9 Å². The molecule has 1 saturated heterocycles. The van der Waals surface area contributed by atoms with E-state index in [2.05, 4.69) is 15.3 Å². The number of ether oxygens (including phenoxy) is 1. The Morgan fingerprint density at radius 1 is 1.42 bits per heavy atom. The molecule has 1 aliphatic heterocycles. The minimum Gasteiger partial charge on any atom is -0.394 e. The molecule has 3 rings (SSSR count). The van der Waals surface area contributed by atoms with Gasteiger partial charge >= 0.3 is 0 Å². The lowest BCUT2D eigenvalue weighted by atomic mass is 10.1. The maximum Gasteiger partial charge on any atom is 0.253 e. The quantitative estimate of drug-likeness (QED) is 0.359. The first kappa shape index (κ1) is 16.4. The zero-order valence-corrected chi connectivity index (χ0v) is 12.7. The van der Waals surface area contributed by atoms with Crippen molar-refractivity contribution in [1.82, 2.24) is 14.5 Å². The van der Waals surface area contributed by atoms with Gasteiger partial charge < -0.3 is 36.8 Å². The summed E-state index contributed by atoms with van der Waals surface area (Å²) in [5.74, 6) is -0.522. The highest BCUT2D eigenvalue weighted by Gasteiger charge is 2.45. The van der Waals surface area contributed by atoms with Crippen molar-refractivity contribution in [3.8, 4) is 0 Å². The average molecular weight is 338 g/mol. The molecular formula is C13H18N6O5. The van der Waals surface area contributed by atoms with E-state index in [9.17, 15) is 20.1 Å². The number of amides is 1. The normalized spacial score (nSPS) is 26.8. The van der Waals surface area contributed by atoms with Crippen LogP contribution in [0.5, 0.6) is 0 Å². The highest BCUT2D eigenvalue weighted by Crippen LogP contribution is 2.39. The molecular weight excluding hydrogens is 320 g/mol. The number of nitrogens with one attached hydrogen (secondary N) is 1. The van der Waals surface area contributed by atoms with Crippen LogP contribution in [0.15, 0.2) is 6.33 Å². The number of hydrogen-bond acceptors (Lipinski definition) is 9. The smallest absolute Gasteiger partial charge is 0.253 e. The van der Waals surface area contributed by atoms with E-state index in [1.54, 1.807) is 7.05 Å². The Labute approximate surface area is 135 Å². The van der Waals surface area contributed by atoms with Crippen LogP contribution < -0.4 is 16.8 Å². The lowest BCUT2D eigenvalue weighted by Crippen LogP contribution is -2.33. The first-order valence-electron chi connectivity index (χ1n) is 7.16. The molecule has 0 aromatic carbocycles. The van der Waals surface area contributed by atoms with E-state index in [0.717, 1.165) is 0 Å². The van der Waals surface area contributed by atoms with Gasteiger partial charge in [0.25, 0.3) is 5.91 Å². The van der Waals surface area contributed by atoms with Crippen LogP contribution in [0.2, 0.25) is 0 Å². The van der Waals surface area contributed by atoms with Crippen LogP contribution in [0.25, 0.3) is 11.0 Å². The maximum atomic E-state index is 11.9. The molecule has 0 saturated carbocycles. The number of hydrogen-bond donors (Lipinski definition) is 6. The summed E-state index contributed by atoms with van der Waals surface area (Å²) in [6.07, 6.45) is -3.56. The van der Waals surface area contributed by atoms with Crippen molar-refractivity contribution in [3.05, 3.63) is 11.9 Å². The number of nitrogens with zero attached hydrogens (tertiary/aromatic N) is 3. The molecule has 0 aliphatic carbocycles. The molecule has 3 heterocycles. The standard InChI is InChI=1S/C13H18N6O5/c1-16-11-6(10(15)23)5-9(14)17-3-18-12(5)19(11)13-8(22)7(21)4(2-20)24-13/h3-4,7-8,13,16,20-22H,2H2,1H3,(H2,15,23)(H2,14,17,18)/t4-,7-,8-,13-/m1/s1. The summed E-state index contributed by atoms with van der Waals surface area (Å²) in [6.45, 7) is -0.484. The number of nitrogen functional groups attached to an aromatic ring is 1. The minimum atomic E-state index is -1.36. The van der Waals surface area contributed by atoms with Crippen LogP contribution >= 0.6 is 0 Å². The molecule has 1 fully saturated rings. The van der Waals surface area contributed by atoms with Gasteiger partial charge in [-0.05, 0) is 0 Å². The number of nitrogens with two attached hydrogens (primary N) is 2. The fourth-order valence-corrected chi connectivity index (χ4v) is 2.98. The number of fused-ring (bicyclic) bond motifs is 1. The molecule has 0 radical (unpaired) electrons. The molecule has 1 aliphatic rings. The van der Waals surface area contributed by atoms with Crippen LogP contribution in [0.3, 0.4) is 0 Å².